The Morgan fingerprint density at radius 3 is 2.38 bits per heavy atom. The molecule has 0 amide bonds. The van der Waals surface area contributed by atoms with Gasteiger partial charge in [-0.25, -0.2) is 4.98 Å². The number of aryl methyl sites for hydroxylation is 2. The summed E-state index contributed by atoms with van der Waals surface area (Å²) in [6, 6.07) is 5.99. The van der Waals surface area contributed by atoms with Crippen molar-refractivity contribution < 1.29 is 4.74 Å². The van der Waals surface area contributed by atoms with E-state index < -0.39 is 0 Å². The molecule has 0 fully saturated rings. The van der Waals surface area contributed by atoms with E-state index >= 15 is 0 Å². The van der Waals surface area contributed by atoms with Gasteiger partial charge in [0, 0.05) is 12.1 Å². The Morgan fingerprint density at radius 1 is 1.05 bits per heavy atom. The van der Waals surface area contributed by atoms with Gasteiger partial charge in [-0.2, -0.15) is 0 Å². The number of ether oxygens (including phenoxy) is 1. The predicted molar refractivity (Wildman–Crippen MR) is 84.6 cm³/mol. The maximum atomic E-state index is 5.72. The van der Waals surface area contributed by atoms with Gasteiger partial charge in [-0.3, -0.25) is 4.98 Å². The Morgan fingerprint density at radius 2 is 1.81 bits per heavy atom. The molecule has 0 aliphatic carbocycles. The van der Waals surface area contributed by atoms with Crippen LogP contribution in [0, 0.1) is 13.8 Å². The summed E-state index contributed by atoms with van der Waals surface area (Å²) in [7, 11) is 0. The minimum Gasteiger partial charge on any atom is -0.437 e. The first-order valence-corrected chi connectivity index (χ1v) is 7.14. The number of nitrogens with zero attached hydrogens (tertiary/aromatic N) is 2. The highest BCUT2D eigenvalue weighted by molar-refractivity contribution is 5.35. The van der Waals surface area contributed by atoms with Crippen LogP contribution in [0.2, 0.25) is 0 Å². The third kappa shape index (κ3) is 4.83. The summed E-state index contributed by atoms with van der Waals surface area (Å²) in [5.41, 5.74) is 3.41. The number of rotatable bonds is 4. The molecule has 0 aliphatic heterocycles. The van der Waals surface area contributed by atoms with Crippen molar-refractivity contribution in [3.05, 3.63) is 47.4 Å². The van der Waals surface area contributed by atoms with E-state index in [1.54, 1.807) is 12.4 Å². The summed E-state index contributed by atoms with van der Waals surface area (Å²) in [5.74, 6) is 1.30. The van der Waals surface area contributed by atoms with Crippen LogP contribution < -0.4 is 10.1 Å². The molecule has 0 saturated heterocycles. The van der Waals surface area contributed by atoms with Gasteiger partial charge in [0.25, 0.3) is 0 Å². The van der Waals surface area contributed by atoms with Crippen LogP contribution in [-0.4, -0.2) is 15.5 Å². The zero-order valence-corrected chi connectivity index (χ0v) is 13.4. The summed E-state index contributed by atoms with van der Waals surface area (Å²) in [5, 5.41) is 3.38. The van der Waals surface area contributed by atoms with E-state index in [9.17, 15) is 0 Å². The summed E-state index contributed by atoms with van der Waals surface area (Å²) < 4.78 is 5.72. The lowest BCUT2D eigenvalue weighted by atomic mass is 10.1. The fourth-order valence-corrected chi connectivity index (χ4v) is 1.74. The summed E-state index contributed by atoms with van der Waals surface area (Å²) in [6.45, 7) is 11.2. The van der Waals surface area contributed by atoms with Crippen molar-refractivity contribution in [3.63, 3.8) is 0 Å². The molecule has 0 saturated carbocycles. The molecule has 0 bridgehead atoms. The molecule has 0 aliphatic rings. The molecular formula is C17H23N3O. The summed E-state index contributed by atoms with van der Waals surface area (Å²) >= 11 is 0. The van der Waals surface area contributed by atoms with Gasteiger partial charge in [0.05, 0.1) is 18.1 Å². The van der Waals surface area contributed by atoms with Crippen molar-refractivity contribution >= 4 is 0 Å². The van der Waals surface area contributed by atoms with E-state index in [0.717, 1.165) is 11.4 Å². The van der Waals surface area contributed by atoms with Crippen LogP contribution in [0.1, 0.15) is 37.6 Å². The van der Waals surface area contributed by atoms with Crippen molar-refractivity contribution in [1.29, 1.82) is 0 Å². The fraction of sp³-hybridized carbons (Fsp3) is 0.412. The topological polar surface area (TPSA) is 47.0 Å². The Labute approximate surface area is 126 Å². The van der Waals surface area contributed by atoms with E-state index in [1.165, 1.54) is 11.1 Å². The molecule has 0 radical (unpaired) electrons. The SMILES string of the molecule is Cc1ccc(Oc2cnc(CNC(C)(C)C)cn2)cc1C. The molecule has 1 aromatic carbocycles. The Bertz CT molecular complexity index is 600. The van der Waals surface area contributed by atoms with E-state index in [2.05, 4.69) is 49.9 Å². The molecule has 1 aromatic heterocycles. The molecule has 21 heavy (non-hydrogen) atoms. The maximum Gasteiger partial charge on any atom is 0.237 e. The second-order valence-electron chi connectivity index (χ2n) is 6.30. The molecule has 1 N–H and O–H groups in total. The van der Waals surface area contributed by atoms with E-state index in [1.807, 2.05) is 18.2 Å². The van der Waals surface area contributed by atoms with Crippen molar-refractivity contribution in [2.24, 2.45) is 0 Å². The molecular weight excluding hydrogens is 262 g/mol. The third-order valence-corrected chi connectivity index (χ3v) is 3.18. The van der Waals surface area contributed by atoms with Gasteiger partial charge in [0.1, 0.15) is 5.75 Å². The first kappa shape index (κ1) is 15.4. The van der Waals surface area contributed by atoms with Gasteiger partial charge >= 0.3 is 0 Å². The Hall–Kier alpha value is -1.94. The van der Waals surface area contributed by atoms with E-state index in [0.29, 0.717) is 12.4 Å². The average Bonchev–Trinajstić information content (AvgIpc) is 2.41. The second-order valence-corrected chi connectivity index (χ2v) is 6.30. The molecule has 4 heteroatoms. The molecule has 0 atom stereocenters. The van der Waals surface area contributed by atoms with E-state index in [-0.39, 0.29) is 5.54 Å². The highest BCUT2D eigenvalue weighted by Crippen LogP contribution is 2.21. The van der Waals surface area contributed by atoms with Crippen LogP contribution in [0.4, 0.5) is 0 Å². The van der Waals surface area contributed by atoms with Crippen molar-refractivity contribution in [1.82, 2.24) is 15.3 Å². The zero-order valence-electron chi connectivity index (χ0n) is 13.4. The number of hydrogen-bond acceptors (Lipinski definition) is 4. The smallest absolute Gasteiger partial charge is 0.237 e. The third-order valence-electron chi connectivity index (χ3n) is 3.18. The van der Waals surface area contributed by atoms with Crippen LogP contribution in [0.25, 0.3) is 0 Å². The second kappa shape index (κ2) is 6.22. The lowest BCUT2D eigenvalue weighted by Crippen LogP contribution is -2.35. The lowest BCUT2D eigenvalue weighted by Gasteiger charge is -2.19. The van der Waals surface area contributed by atoms with Gasteiger partial charge < -0.3 is 10.1 Å². The van der Waals surface area contributed by atoms with Crippen molar-refractivity contribution in [3.8, 4) is 11.6 Å². The molecule has 0 spiro atoms. The summed E-state index contributed by atoms with van der Waals surface area (Å²) in [6.07, 6.45) is 3.41. The van der Waals surface area contributed by atoms with Gasteiger partial charge in [0.15, 0.2) is 0 Å². The van der Waals surface area contributed by atoms with Gasteiger partial charge in [0.2, 0.25) is 5.88 Å². The minimum atomic E-state index is 0.0658. The highest BCUT2D eigenvalue weighted by atomic mass is 16.5. The lowest BCUT2D eigenvalue weighted by molar-refractivity contribution is 0.418. The average molecular weight is 285 g/mol. The van der Waals surface area contributed by atoms with Gasteiger partial charge in [-0.15, -0.1) is 0 Å². The molecule has 2 rings (SSSR count). The van der Waals surface area contributed by atoms with Crippen LogP contribution in [0.3, 0.4) is 0 Å². The number of hydrogen-bond donors (Lipinski definition) is 1. The highest BCUT2D eigenvalue weighted by Gasteiger charge is 2.09. The van der Waals surface area contributed by atoms with Crippen molar-refractivity contribution in [2.45, 2.75) is 46.7 Å². The van der Waals surface area contributed by atoms with Crippen LogP contribution in [-0.2, 0) is 6.54 Å². The van der Waals surface area contributed by atoms with E-state index in [4.69, 9.17) is 4.74 Å². The summed E-state index contributed by atoms with van der Waals surface area (Å²) in [4.78, 5) is 8.67. The Balaban J connectivity index is 2.00. The number of benzene rings is 1. The first-order valence-electron chi connectivity index (χ1n) is 7.14. The molecule has 4 nitrogen and oxygen atoms in total. The molecule has 2 aromatic rings. The zero-order chi connectivity index (χ0) is 15.5. The quantitative estimate of drug-likeness (QED) is 0.928. The van der Waals surface area contributed by atoms with Crippen LogP contribution in [0.5, 0.6) is 11.6 Å². The normalized spacial score (nSPS) is 11.5. The minimum absolute atomic E-state index is 0.0658. The Kier molecular flexibility index (Phi) is 4.58. The largest absolute Gasteiger partial charge is 0.437 e. The number of aromatic nitrogens is 2. The molecule has 0 unspecified atom stereocenters. The molecule has 112 valence electrons. The fourth-order valence-electron chi connectivity index (χ4n) is 1.74. The van der Waals surface area contributed by atoms with Crippen LogP contribution >= 0.6 is 0 Å². The standard InChI is InChI=1S/C17H23N3O/c1-12-6-7-15(8-13(12)2)21-16-11-18-14(9-19-16)10-20-17(3,4)5/h6-9,11,20H,10H2,1-5H3. The monoisotopic (exact) mass is 285 g/mol. The number of nitrogens with one attached hydrogen (secondary N) is 1. The van der Waals surface area contributed by atoms with Crippen molar-refractivity contribution in [2.75, 3.05) is 0 Å². The van der Waals surface area contributed by atoms with Gasteiger partial charge in [-0.1, -0.05) is 6.07 Å². The predicted octanol–water partition coefficient (Wildman–Crippen LogP) is 3.77. The van der Waals surface area contributed by atoms with Crippen LogP contribution in [0.15, 0.2) is 30.6 Å². The first-order chi connectivity index (χ1) is 9.83. The van der Waals surface area contributed by atoms with Gasteiger partial charge in [-0.05, 0) is 57.9 Å². The molecule has 1 heterocycles. The maximum absolute atomic E-state index is 5.72.